The molecule has 0 amide bonds. The smallest absolute Gasteiger partial charge is 0.233 e. The van der Waals surface area contributed by atoms with Gasteiger partial charge in [-0.05, 0) is 33.3 Å². The molecule has 0 saturated carbocycles. The Morgan fingerprint density at radius 2 is 1.95 bits per heavy atom. The predicted octanol–water partition coefficient (Wildman–Crippen LogP) is 2.18. The van der Waals surface area contributed by atoms with E-state index < -0.39 is 0 Å². The highest BCUT2D eigenvalue weighted by Gasteiger charge is 2.20. The van der Waals surface area contributed by atoms with Gasteiger partial charge >= 0.3 is 0 Å². The first kappa shape index (κ1) is 13.7. The van der Waals surface area contributed by atoms with Crippen LogP contribution < -0.4 is 5.32 Å². The van der Waals surface area contributed by atoms with E-state index >= 15 is 0 Å². The number of hydrogen-bond donors (Lipinski definition) is 1. The quantitative estimate of drug-likeness (QED) is 0.895. The summed E-state index contributed by atoms with van der Waals surface area (Å²) in [5, 5.41) is 15.7. The van der Waals surface area contributed by atoms with Gasteiger partial charge in [-0.3, -0.25) is 4.68 Å². The van der Waals surface area contributed by atoms with Gasteiger partial charge in [0.05, 0.1) is 18.3 Å². The normalized spacial score (nSPS) is 16.3. The summed E-state index contributed by atoms with van der Waals surface area (Å²) in [7, 11) is 0. The molecule has 2 aromatic rings. The zero-order valence-corrected chi connectivity index (χ0v) is 12.1. The van der Waals surface area contributed by atoms with Gasteiger partial charge in [-0.15, -0.1) is 10.2 Å². The van der Waals surface area contributed by atoms with Crippen LogP contribution in [-0.4, -0.2) is 26.0 Å². The molecule has 2 heterocycles. The molecule has 0 fully saturated rings. The van der Waals surface area contributed by atoms with Gasteiger partial charge in [0.1, 0.15) is 0 Å². The molecule has 2 rings (SSSR count). The van der Waals surface area contributed by atoms with Gasteiger partial charge in [-0.2, -0.15) is 5.10 Å². The summed E-state index contributed by atoms with van der Waals surface area (Å²) in [6.07, 6.45) is 3.92. The minimum atomic E-state index is 0.0234. The topological polar surface area (TPSA) is 68.8 Å². The molecular weight excluding hydrogens is 242 g/mol. The highest BCUT2D eigenvalue weighted by molar-refractivity contribution is 5.01. The minimum Gasteiger partial charge on any atom is -0.424 e. The molecule has 0 unspecified atom stereocenters. The molecule has 2 aromatic heterocycles. The maximum Gasteiger partial charge on any atom is 0.233 e. The molecule has 6 heteroatoms. The summed E-state index contributed by atoms with van der Waals surface area (Å²) >= 11 is 0. The Hall–Kier alpha value is -1.69. The summed E-state index contributed by atoms with van der Waals surface area (Å²) in [5.41, 5.74) is 1.17. The van der Waals surface area contributed by atoms with Gasteiger partial charge in [-0.1, -0.05) is 0 Å². The van der Waals surface area contributed by atoms with Crippen molar-refractivity contribution in [2.75, 3.05) is 0 Å². The van der Waals surface area contributed by atoms with Crippen LogP contribution in [0, 0.1) is 13.8 Å². The second-order valence-electron chi connectivity index (χ2n) is 5.07. The third-order valence-electron chi connectivity index (χ3n) is 3.30. The molecule has 0 aromatic carbocycles. The number of rotatable bonds is 5. The van der Waals surface area contributed by atoms with Gasteiger partial charge in [0.25, 0.3) is 0 Å². The van der Waals surface area contributed by atoms with Gasteiger partial charge in [0, 0.05) is 19.2 Å². The van der Waals surface area contributed by atoms with Crippen molar-refractivity contribution in [1.82, 2.24) is 25.3 Å². The van der Waals surface area contributed by atoms with Gasteiger partial charge < -0.3 is 9.73 Å². The first-order chi connectivity index (χ1) is 8.97. The first-order valence-electron chi connectivity index (χ1n) is 6.54. The number of nitrogens with one attached hydrogen (secondary N) is 1. The molecule has 19 heavy (non-hydrogen) atoms. The van der Waals surface area contributed by atoms with E-state index in [1.54, 1.807) is 6.92 Å². The fraction of sp³-hybridized carbons (Fsp3) is 0.615. The lowest BCUT2D eigenvalue weighted by Crippen LogP contribution is -2.35. The van der Waals surface area contributed by atoms with E-state index in [2.05, 4.69) is 34.5 Å². The molecule has 104 valence electrons. The lowest BCUT2D eigenvalue weighted by Gasteiger charge is -2.24. The van der Waals surface area contributed by atoms with E-state index in [0.29, 0.717) is 11.8 Å². The molecule has 0 aliphatic heterocycles. The molecule has 0 saturated heterocycles. The van der Waals surface area contributed by atoms with E-state index in [1.807, 2.05) is 30.9 Å². The van der Waals surface area contributed by atoms with Crippen LogP contribution in [0.3, 0.4) is 0 Å². The van der Waals surface area contributed by atoms with Crippen LogP contribution >= 0.6 is 0 Å². The van der Waals surface area contributed by atoms with Crippen molar-refractivity contribution < 1.29 is 4.42 Å². The average molecular weight is 263 g/mol. The Labute approximate surface area is 113 Å². The van der Waals surface area contributed by atoms with Crippen molar-refractivity contribution in [3.05, 3.63) is 29.7 Å². The second kappa shape index (κ2) is 5.52. The van der Waals surface area contributed by atoms with Crippen molar-refractivity contribution in [2.24, 2.45) is 0 Å². The minimum absolute atomic E-state index is 0.0234. The molecule has 6 nitrogen and oxygen atoms in total. The summed E-state index contributed by atoms with van der Waals surface area (Å²) in [5.74, 6) is 1.21. The molecule has 0 bridgehead atoms. The Bertz CT molecular complexity index is 533. The largest absolute Gasteiger partial charge is 0.424 e. The van der Waals surface area contributed by atoms with Gasteiger partial charge in [0.2, 0.25) is 11.8 Å². The monoisotopic (exact) mass is 263 g/mol. The fourth-order valence-electron chi connectivity index (χ4n) is 1.98. The zero-order valence-electron chi connectivity index (χ0n) is 12.1. The maximum absolute atomic E-state index is 5.43. The molecule has 0 radical (unpaired) electrons. The molecular formula is C13H21N5O. The summed E-state index contributed by atoms with van der Waals surface area (Å²) in [6.45, 7) is 10.1. The van der Waals surface area contributed by atoms with E-state index in [4.69, 9.17) is 4.42 Å². The lowest BCUT2D eigenvalue weighted by atomic mass is 10.1. The Kier molecular flexibility index (Phi) is 3.99. The van der Waals surface area contributed by atoms with Crippen LogP contribution in [0.25, 0.3) is 0 Å². The Morgan fingerprint density at radius 1 is 1.21 bits per heavy atom. The molecule has 1 N–H and O–H groups in total. The van der Waals surface area contributed by atoms with Crippen LogP contribution in [0.4, 0.5) is 0 Å². The Balaban J connectivity index is 1.98. The number of nitrogens with zero attached hydrogens (tertiary/aromatic N) is 4. The van der Waals surface area contributed by atoms with Gasteiger partial charge in [-0.25, -0.2) is 0 Å². The SMILES string of the molecule is Cc1cnn([C@H](C)[C@H](C)N[C@H](C)c2nnc(C)o2)c1. The van der Waals surface area contributed by atoms with Crippen LogP contribution in [0.1, 0.15) is 50.2 Å². The van der Waals surface area contributed by atoms with Crippen molar-refractivity contribution in [3.63, 3.8) is 0 Å². The van der Waals surface area contributed by atoms with Crippen LogP contribution in [0.2, 0.25) is 0 Å². The zero-order chi connectivity index (χ0) is 14.0. The number of aromatic nitrogens is 4. The third kappa shape index (κ3) is 3.20. The molecule has 3 atom stereocenters. The molecule has 0 aliphatic carbocycles. The van der Waals surface area contributed by atoms with Crippen molar-refractivity contribution in [3.8, 4) is 0 Å². The van der Waals surface area contributed by atoms with Crippen molar-refractivity contribution in [2.45, 2.75) is 52.7 Å². The van der Waals surface area contributed by atoms with Crippen molar-refractivity contribution >= 4 is 0 Å². The fourth-order valence-corrected chi connectivity index (χ4v) is 1.98. The number of aryl methyl sites for hydroxylation is 2. The highest BCUT2D eigenvalue weighted by Crippen LogP contribution is 2.16. The highest BCUT2D eigenvalue weighted by atomic mass is 16.4. The van der Waals surface area contributed by atoms with E-state index in [0.717, 1.165) is 0 Å². The van der Waals surface area contributed by atoms with Crippen LogP contribution in [-0.2, 0) is 0 Å². The van der Waals surface area contributed by atoms with Crippen LogP contribution in [0.15, 0.2) is 16.8 Å². The molecule has 0 aliphatic rings. The van der Waals surface area contributed by atoms with Crippen molar-refractivity contribution in [1.29, 1.82) is 0 Å². The van der Waals surface area contributed by atoms with E-state index in [1.165, 1.54) is 5.56 Å². The third-order valence-corrected chi connectivity index (χ3v) is 3.30. The second-order valence-corrected chi connectivity index (χ2v) is 5.07. The Morgan fingerprint density at radius 3 is 2.47 bits per heavy atom. The predicted molar refractivity (Wildman–Crippen MR) is 71.7 cm³/mol. The van der Waals surface area contributed by atoms with E-state index in [9.17, 15) is 0 Å². The lowest BCUT2D eigenvalue weighted by molar-refractivity contribution is 0.313. The summed E-state index contributed by atoms with van der Waals surface area (Å²) < 4.78 is 7.40. The first-order valence-corrected chi connectivity index (χ1v) is 6.54. The van der Waals surface area contributed by atoms with E-state index in [-0.39, 0.29) is 18.1 Å². The molecule has 0 spiro atoms. The average Bonchev–Trinajstić information content (AvgIpc) is 2.97. The standard InChI is InChI=1S/C13H21N5O/c1-8-6-14-18(7-8)11(4)9(2)15-10(3)13-17-16-12(5)19-13/h6-7,9-11,15H,1-5H3/t9-,10+,11+/m0/s1. The summed E-state index contributed by atoms with van der Waals surface area (Å²) in [6, 6.07) is 0.511. The van der Waals surface area contributed by atoms with Gasteiger partial charge in [0.15, 0.2) is 0 Å². The maximum atomic E-state index is 5.43. The van der Waals surface area contributed by atoms with Crippen LogP contribution in [0.5, 0.6) is 0 Å². The number of hydrogen-bond acceptors (Lipinski definition) is 5. The summed E-state index contributed by atoms with van der Waals surface area (Å²) in [4.78, 5) is 0.